The lowest BCUT2D eigenvalue weighted by atomic mass is 9.95. The Bertz CT molecular complexity index is 857. The number of carbonyl (C=O) groups is 1. The summed E-state index contributed by atoms with van der Waals surface area (Å²) >= 11 is 0. The van der Waals surface area contributed by atoms with Gasteiger partial charge in [0, 0.05) is 5.56 Å². The van der Waals surface area contributed by atoms with E-state index in [-0.39, 0.29) is 24.4 Å². The zero-order chi connectivity index (χ0) is 20.5. The van der Waals surface area contributed by atoms with Crippen LogP contribution in [0.25, 0.3) is 0 Å². The second-order valence-corrected chi connectivity index (χ2v) is 7.13. The molecule has 4 nitrogen and oxygen atoms in total. The van der Waals surface area contributed by atoms with E-state index in [9.17, 15) is 4.79 Å². The van der Waals surface area contributed by atoms with Gasteiger partial charge in [0.25, 0.3) is 0 Å². The molecule has 2 aromatic carbocycles. The maximum absolute atomic E-state index is 12.2. The van der Waals surface area contributed by atoms with E-state index < -0.39 is 0 Å². The Labute approximate surface area is 173 Å². The molecule has 0 N–H and O–H groups in total. The Hall–Kier alpha value is -2.93. The van der Waals surface area contributed by atoms with Crippen molar-refractivity contribution in [3.63, 3.8) is 0 Å². The van der Waals surface area contributed by atoms with Gasteiger partial charge in [0.2, 0.25) is 0 Å². The third kappa shape index (κ3) is 6.02. The number of methoxy groups -OCH3 is 1. The minimum absolute atomic E-state index is 0.197. The molecule has 1 unspecified atom stereocenters. The van der Waals surface area contributed by atoms with E-state index in [1.54, 1.807) is 7.11 Å². The van der Waals surface area contributed by atoms with Gasteiger partial charge < -0.3 is 14.2 Å². The molecule has 2 aromatic rings. The zero-order valence-electron chi connectivity index (χ0n) is 17.1. The second-order valence-electron chi connectivity index (χ2n) is 7.13. The molecule has 0 spiro atoms. The lowest BCUT2D eigenvalue weighted by molar-refractivity contribution is -0.143. The summed E-state index contributed by atoms with van der Waals surface area (Å²) in [6.07, 6.45) is 4.93. The fraction of sp³-hybridized carbons (Fsp3) is 0.400. The van der Waals surface area contributed by atoms with Crippen LogP contribution >= 0.6 is 0 Å². The maximum Gasteiger partial charge on any atom is 0.307 e. The molecule has 1 fully saturated rings. The minimum atomic E-state index is -0.286. The topological polar surface area (TPSA) is 44.8 Å². The molecule has 0 amide bonds. The van der Waals surface area contributed by atoms with E-state index in [0.29, 0.717) is 18.1 Å². The summed E-state index contributed by atoms with van der Waals surface area (Å²) in [6, 6.07) is 15.6. The van der Waals surface area contributed by atoms with Crippen LogP contribution in [0.15, 0.2) is 48.5 Å². The molecule has 1 saturated carbocycles. The van der Waals surface area contributed by atoms with Crippen molar-refractivity contribution in [2.24, 2.45) is 0 Å². The molecule has 152 valence electrons. The van der Waals surface area contributed by atoms with Crippen LogP contribution in [0, 0.1) is 11.8 Å². The largest absolute Gasteiger partial charge is 0.493 e. The predicted molar refractivity (Wildman–Crippen MR) is 113 cm³/mol. The summed E-state index contributed by atoms with van der Waals surface area (Å²) < 4.78 is 16.9. The van der Waals surface area contributed by atoms with Gasteiger partial charge >= 0.3 is 5.97 Å². The molecule has 0 aliphatic heterocycles. The smallest absolute Gasteiger partial charge is 0.307 e. The number of hydrogen-bond acceptors (Lipinski definition) is 4. The van der Waals surface area contributed by atoms with Crippen LogP contribution in [-0.4, -0.2) is 25.8 Å². The first-order valence-corrected chi connectivity index (χ1v) is 10.3. The van der Waals surface area contributed by atoms with Crippen molar-refractivity contribution in [3.8, 4) is 23.3 Å². The first-order chi connectivity index (χ1) is 14.2. The highest BCUT2D eigenvalue weighted by Crippen LogP contribution is 2.35. The Morgan fingerprint density at radius 2 is 1.86 bits per heavy atom. The minimum Gasteiger partial charge on any atom is -0.493 e. The lowest BCUT2D eigenvalue weighted by Crippen LogP contribution is -2.13. The number of ether oxygens (including phenoxy) is 3. The summed E-state index contributed by atoms with van der Waals surface area (Å²) in [6.45, 7) is 2.17. The van der Waals surface area contributed by atoms with Gasteiger partial charge in [-0.2, -0.15) is 0 Å². The van der Waals surface area contributed by atoms with Gasteiger partial charge in [-0.25, -0.2) is 0 Å². The van der Waals surface area contributed by atoms with E-state index in [1.165, 1.54) is 12.8 Å². The van der Waals surface area contributed by atoms with Crippen molar-refractivity contribution in [1.82, 2.24) is 0 Å². The van der Waals surface area contributed by atoms with Crippen LogP contribution in [0.2, 0.25) is 0 Å². The third-order valence-electron chi connectivity index (χ3n) is 5.03. The lowest BCUT2D eigenvalue weighted by Gasteiger charge is -2.18. The SMILES string of the molecule is CCOC(=O)CC(C#Cc1ccccc1)c1ccc(OC)c(OC2CCCC2)c1. The molecule has 1 atom stereocenters. The Balaban J connectivity index is 1.89. The molecule has 3 rings (SSSR count). The van der Waals surface area contributed by atoms with Crippen LogP contribution in [0.3, 0.4) is 0 Å². The van der Waals surface area contributed by atoms with Gasteiger partial charge in [0.1, 0.15) is 0 Å². The van der Waals surface area contributed by atoms with Crippen molar-refractivity contribution in [2.75, 3.05) is 13.7 Å². The van der Waals surface area contributed by atoms with Crippen molar-refractivity contribution < 1.29 is 19.0 Å². The molecule has 29 heavy (non-hydrogen) atoms. The van der Waals surface area contributed by atoms with Crippen molar-refractivity contribution in [2.45, 2.75) is 51.0 Å². The molecule has 0 radical (unpaired) electrons. The van der Waals surface area contributed by atoms with Gasteiger partial charge in [-0.3, -0.25) is 4.79 Å². The first kappa shape index (κ1) is 20.8. The predicted octanol–water partition coefficient (Wildman–Crippen LogP) is 5.11. The van der Waals surface area contributed by atoms with Crippen LogP contribution in [0.4, 0.5) is 0 Å². The molecular weight excluding hydrogens is 364 g/mol. The summed E-state index contributed by atoms with van der Waals surface area (Å²) in [5.74, 6) is 7.31. The average molecular weight is 392 g/mol. The van der Waals surface area contributed by atoms with Gasteiger partial charge in [-0.15, -0.1) is 0 Å². The van der Waals surface area contributed by atoms with Crippen LogP contribution in [0.5, 0.6) is 11.5 Å². The van der Waals surface area contributed by atoms with E-state index in [1.807, 2.05) is 55.5 Å². The highest BCUT2D eigenvalue weighted by Gasteiger charge is 2.21. The second kappa shape index (κ2) is 10.6. The number of carbonyl (C=O) groups excluding carboxylic acids is 1. The highest BCUT2D eigenvalue weighted by atomic mass is 16.5. The third-order valence-corrected chi connectivity index (χ3v) is 5.03. The van der Waals surface area contributed by atoms with E-state index in [4.69, 9.17) is 14.2 Å². The molecule has 0 bridgehead atoms. The zero-order valence-corrected chi connectivity index (χ0v) is 17.1. The fourth-order valence-electron chi connectivity index (χ4n) is 3.52. The number of benzene rings is 2. The van der Waals surface area contributed by atoms with Crippen molar-refractivity contribution in [3.05, 3.63) is 59.7 Å². The molecule has 1 aliphatic rings. The van der Waals surface area contributed by atoms with Crippen LogP contribution < -0.4 is 9.47 Å². The van der Waals surface area contributed by atoms with E-state index >= 15 is 0 Å². The fourth-order valence-corrected chi connectivity index (χ4v) is 3.52. The highest BCUT2D eigenvalue weighted by molar-refractivity contribution is 5.71. The summed E-state index contributed by atoms with van der Waals surface area (Å²) in [4.78, 5) is 12.2. The monoisotopic (exact) mass is 392 g/mol. The van der Waals surface area contributed by atoms with Gasteiger partial charge in [-0.1, -0.05) is 36.1 Å². The van der Waals surface area contributed by atoms with E-state index in [0.717, 1.165) is 24.0 Å². The molecular formula is C25H28O4. The molecule has 1 aliphatic carbocycles. The Morgan fingerprint density at radius 3 is 2.55 bits per heavy atom. The number of hydrogen-bond donors (Lipinski definition) is 0. The first-order valence-electron chi connectivity index (χ1n) is 10.3. The Morgan fingerprint density at radius 1 is 1.10 bits per heavy atom. The molecule has 0 heterocycles. The van der Waals surface area contributed by atoms with Gasteiger partial charge in [0.05, 0.1) is 32.2 Å². The van der Waals surface area contributed by atoms with Crippen LogP contribution in [-0.2, 0) is 9.53 Å². The van der Waals surface area contributed by atoms with Gasteiger partial charge in [0.15, 0.2) is 11.5 Å². The molecule has 4 heteroatoms. The van der Waals surface area contributed by atoms with Crippen molar-refractivity contribution >= 4 is 5.97 Å². The number of esters is 1. The van der Waals surface area contributed by atoms with Crippen molar-refractivity contribution in [1.29, 1.82) is 0 Å². The van der Waals surface area contributed by atoms with Gasteiger partial charge in [-0.05, 0) is 62.4 Å². The average Bonchev–Trinajstić information content (AvgIpc) is 3.25. The molecule has 0 saturated heterocycles. The summed E-state index contributed by atoms with van der Waals surface area (Å²) in [5.41, 5.74) is 1.84. The van der Waals surface area contributed by atoms with E-state index in [2.05, 4.69) is 11.8 Å². The summed E-state index contributed by atoms with van der Waals surface area (Å²) in [7, 11) is 1.64. The standard InChI is InChI=1S/C25H28O4/c1-3-28-25(26)18-21(14-13-19-9-5-4-6-10-19)20-15-16-23(27-2)24(17-20)29-22-11-7-8-12-22/h4-6,9-10,15-17,21-22H,3,7-8,11-12,18H2,1-2H3. The summed E-state index contributed by atoms with van der Waals surface area (Å²) in [5, 5.41) is 0. The molecule has 0 aromatic heterocycles. The quantitative estimate of drug-likeness (QED) is 0.485. The number of rotatable bonds is 7. The normalized spacial score (nSPS) is 14.6. The Kier molecular flexibility index (Phi) is 7.58. The van der Waals surface area contributed by atoms with Crippen LogP contribution in [0.1, 0.15) is 56.1 Å². The maximum atomic E-state index is 12.2.